The standard InChI is InChI=1S/C12H13BrN2O3/c1-7-11(16)15(12(13)17)9-6-8(4-5-14)2-3-10(9)18-7/h2-3,6-7H,4-5,14H2,1H3. The summed E-state index contributed by atoms with van der Waals surface area (Å²) >= 11 is 2.82. The number of carbonyl (C=O) groups is 2. The number of fused-ring (bicyclic) bond motifs is 1. The van der Waals surface area contributed by atoms with Gasteiger partial charge in [0.2, 0.25) is 0 Å². The fourth-order valence-corrected chi connectivity index (χ4v) is 2.25. The Hall–Kier alpha value is -1.40. The van der Waals surface area contributed by atoms with Crippen LogP contribution in [0.25, 0.3) is 0 Å². The molecule has 0 aliphatic carbocycles. The molecule has 1 aromatic carbocycles. The largest absolute Gasteiger partial charge is 0.479 e. The highest BCUT2D eigenvalue weighted by Gasteiger charge is 2.34. The molecule has 0 spiro atoms. The smallest absolute Gasteiger partial charge is 0.301 e. The number of nitrogens with two attached hydrogens (primary N) is 1. The molecule has 1 aromatic rings. The summed E-state index contributed by atoms with van der Waals surface area (Å²) in [6.07, 6.45) is 0.0146. The first-order chi connectivity index (χ1) is 8.54. The zero-order valence-electron chi connectivity index (χ0n) is 9.85. The van der Waals surface area contributed by atoms with Crippen molar-refractivity contribution in [1.29, 1.82) is 0 Å². The van der Waals surface area contributed by atoms with Gasteiger partial charge in [-0.3, -0.25) is 9.59 Å². The fraction of sp³-hybridized carbons (Fsp3) is 0.333. The van der Waals surface area contributed by atoms with Gasteiger partial charge in [-0.05, 0) is 37.6 Å². The van der Waals surface area contributed by atoms with Crippen molar-refractivity contribution in [3.63, 3.8) is 0 Å². The number of nitrogens with zero attached hydrogens (tertiary/aromatic N) is 1. The quantitative estimate of drug-likeness (QED) is 0.668. The lowest BCUT2D eigenvalue weighted by molar-refractivity contribution is -0.124. The second-order valence-electron chi connectivity index (χ2n) is 4.03. The number of ether oxygens (including phenoxy) is 1. The number of hydrogen-bond donors (Lipinski definition) is 1. The molecule has 1 aliphatic heterocycles. The van der Waals surface area contributed by atoms with Crippen LogP contribution in [0.5, 0.6) is 5.75 Å². The van der Waals surface area contributed by atoms with Crippen LogP contribution < -0.4 is 15.4 Å². The van der Waals surface area contributed by atoms with E-state index in [0.717, 1.165) is 10.5 Å². The van der Waals surface area contributed by atoms with Gasteiger partial charge in [-0.25, -0.2) is 4.90 Å². The number of carbonyl (C=O) groups excluding carboxylic acids is 2. The Morgan fingerprint density at radius 1 is 1.56 bits per heavy atom. The number of anilines is 1. The van der Waals surface area contributed by atoms with Crippen LogP contribution in [0.2, 0.25) is 0 Å². The van der Waals surface area contributed by atoms with E-state index in [9.17, 15) is 9.59 Å². The van der Waals surface area contributed by atoms with Crippen molar-refractivity contribution in [2.75, 3.05) is 11.4 Å². The molecule has 96 valence electrons. The van der Waals surface area contributed by atoms with E-state index in [4.69, 9.17) is 10.5 Å². The highest BCUT2D eigenvalue weighted by molar-refractivity contribution is 9.18. The molecule has 0 saturated heterocycles. The van der Waals surface area contributed by atoms with Crippen LogP contribution >= 0.6 is 15.9 Å². The van der Waals surface area contributed by atoms with Crippen molar-refractivity contribution in [2.24, 2.45) is 5.73 Å². The van der Waals surface area contributed by atoms with Crippen LogP contribution in [-0.2, 0) is 11.2 Å². The summed E-state index contributed by atoms with van der Waals surface area (Å²) in [6.45, 7) is 2.12. The molecule has 18 heavy (non-hydrogen) atoms. The summed E-state index contributed by atoms with van der Waals surface area (Å²) in [5.41, 5.74) is 6.92. The maximum Gasteiger partial charge on any atom is 0.301 e. The van der Waals surface area contributed by atoms with Crippen molar-refractivity contribution in [1.82, 2.24) is 0 Å². The van der Waals surface area contributed by atoms with Gasteiger partial charge in [-0.1, -0.05) is 6.07 Å². The second kappa shape index (κ2) is 5.07. The molecular formula is C12H13BrN2O3. The number of rotatable bonds is 2. The molecule has 0 bridgehead atoms. The Balaban J connectivity index is 2.48. The molecule has 6 heteroatoms. The fourth-order valence-electron chi connectivity index (χ4n) is 1.88. The Morgan fingerprint density at radius 2 is 2.28 bits per heavy atom. The molecule has 1 aliphatic rings. The number of benzene rings is 1. The van der Waals surface area contributed by atoms with Crippen LogP contribution in [-0.4, -0.2) is 23.4 Å². The topological polar surface area (TPSA) is 72.6 Å². The summed E-state index contributed by atoms with van der Waals surface area (Å²) in [6, 6.07) is 5.39. The van der Waals surface area contributed by atoms with Gasteiger partial charge in [0.25, 0.3) is 5.91 Å². The minimum absolute atomic E-state index is 0.380. The highest BCUT2D eigenvalue weighted by Crippen LogP contribution is 2.35. The highest BCUT2D eigenvalue weighted by atomic mass is 79.9. The van der Waals surface area contributed by atoms with Gasteiger partial charge in [-0.2, -0.15) is 0 Å². The number of hydrogen-bond acceptors (Lipinski definition) is 4. The van der Waals surface area contributed by atoms with Crippen LogP contribution in [0.1, 0.15) is 12.5 Å². The van der Waals surface area contributed by atoms with E-state index in [-0.39, 0.29) is 5.91 Å². The summed E-state index contributed by atoms with van der Waals surface area (Å²) in [7, 11) is 0. The van der Waals surface area contributed by atoms with E-state index in [1.54, 1.807) is 19.1 Å². The predicted octanol–water partition coefficient (Wildman–Crippen LogP) is 1.82. The van der Waals surface area contributed by atoms with Crippen LogP contribution in [0.3, 0.4) is 0 Å². The van der Waals surface area contributed by atoms with Crippen LogP contribution in [0, 0.1) is 0 Å². The Labute approximate surface area is 113 Å². The molecule has 0 fully saturated rings. The summed E-state index contributed by atoms with van der Waals surface area (Å²) < 4.78 is 5.46. The first kappa shape index (κ1) is 13.0. The van der Waals surface area contributed by atoms with Gasteiger partial charge in [0.15, 0.2) is 6.10 Å². The first-order valence-corrected chi connectivity index (χ1v) is 6.37. The number of halogens is 1. The average molecular weight is 313 g/mol. The average Bonchev–Trinajstić information content (AvgIpc) is 2.31. The minimum Gasteiger partial charge on any atom is -0.479 e. The third-order valence-electron chi connectivity index (χ3n) is 2.74. The molecule has 0 saturated carbocycles. The molecule has 5 nitrogen and oxygen atoms in total. The van der Waals surface area contributed by atoms with E-state index < -0.39 is 10.9 Å². The van der Waals surface area contributed by atoms with Crippen molar-refractivity contribution in [3.8, 4) is 5.75 Å². The SMILES string of the molecule is CC1Oc2ccc(CCN)cc2N(C(=O)Br)C1=O. The maximum absolute atomic E-state index is 11.9. The molecule has 2 rings (SSSR count). The molecule has 2 N–H and O–H groups in total. The zero-order valence-corrected chi connectivity index (χ0v) is 11.4. The molecule has 1 unspecified atom stereocenters. The lowest BCUT2D eigenvalue weighted by Crippen LogP contribution is -2.45. The molecule has 1 atom stereocenters. The molecule has 0 aromatic heterocycles. The van der Waals surface area contributed by atoms with Crippen molar-refractivity contribution in [2.45, 2.75) is 19.4 Å². The third kappa shape index (κ3) is 2.26. The van der Waals surface area contributed by atoms with Crippen molar-refractivity contribution >= 4 is 32.3 Å². The van der Waals surface area contributed by atoms with Gasteiger partial charge >= 0.3 is 4.82 Å². The van der Waals surface area contributed by atoms with Gasteiger partial charge in [0, 0.05) is 15.9 Å². The molecule has 1 heterocycles. The lowest BCUT2D eigenvalue weighted by atomic mass is 10.1. The third-order valence-corrected chi connectivity index (χ3v) is 3.10. The molecule has 0 radical (unpaired) electrons. The van der Waals surface area contributed by atoms with E-state index in [0.29, 0.717) is 24.4 Å². The predicted molar refractivity (Wildman–Crippen MR) is 71.1 cm³/mol. The van der Waals surface area contributed by atoms with Crippen molar-refractivity contribution < 1.29 is 14.3 Å². The Kier molecular flexibility index (Phi) is 3.68. The summed E-state index contributed by atoms with van der Waals surface area (Å²) in [5, 5.41) is 0. The first-order valence-electron chi connectivity index (χ1n) is 5.57. The van der Waals surface area contributed by atoms with E-state index >= 15 is 0 Å². The van der Waals surface area contributed by atoms with Crippen LogP contribution in [0.4, 0.5) is 10.5 Å². The van der Waals surface area contributed by atoms with Gasteiger partial charge in [0.05, 0.1) is 5.69 Å². The van der Waals surface area contributed by atoms with E-state index in [2.05, 4.69) is 15.9 Å². The molecular weight excluding hydrogens is 300 g/mol. The summed E-state index contributed by atoms with van der Waals surface area (Å²) in [4.78, 5) is 24.0. The van der Waals surface area contributed by atoms with E-state index in [1.807, 2.05) is 6.07 Å². The minimum atomic E-state index is -0.667. The van der Waals surface area contributed by atoms with Gasteiger partial charge < -0.3 is 10.5 Å². The number of imide groups is 1. The Bertz CT molecular complexity index is 504. The molecule has 2 amide bonds. The van der Waals surface area contributed by atoms with Crippen molar-refractivity contribution in [3.05, 3.63) is 23.8 Å². The maximum atomic E-state index is 11.9. The van der Waals surface area contributed by atoms with Gasteiger partial charge in [-0.15, -0.1) is 0 Å². The van der Waals surface area contributed by atoms with Crippen LogP contribution in [0.15, 0.2) is 18.2 Å². The normalized spacial score (nSPS) is 18.3. The Morgan fingerprint density at radius 3 is 2.89 bits per heavy atom. The van der Waals surface area contributed by atoms with Gasteiger partial charge in [0.1, 0.15) is 5.75 Å². The lowest BCUT2D eigenvalue weighted by Gasteiger charge is -2.30. The summed E-state index contributed by atoms with van der Waals surface area (Å²) in [5.74, 6) is 0.143. The van der Waals surface area contributed by atoms with E-state index in [1.165, 1.54) is 0 Å². The second-order valence-corrected chi connectivity index (χ2v) is 4.71. The zero-order chi connectivity index (χ0) is 13.3. The monoisotopic (exact) mass is 312 g/mol. The number of amides is 2.